The van der Waals surface area contributed by atoms with Crippen molar-refractivity contribution in [2.24, 2.45) is 0 Å². The molecule has 0 bridgehead atoms. The standard InChI is InChI=1S/C11H7BrF7NO/c1-2-3(12)10(21)20-9-7(15)5(13)4(11(17,18)19)6(14)8(9)16/h3H,2H2,1H3,(H,20,21). The third kappa shape index (κ3) is 3.47. The van der Waals surface area contributed by atoms with E-state index in [1.165, 1.54) is 12.2 Å². The number of rotatable bonds is 3. The summed E-state index contributed by atoms with van der Waals surface area (Å²) < 4.78 is 90.4. The lowest BCUT2D eigenvalue weighted by Gasteiger charge is -2.15. The van der Waals surface area contributed by atoms with E-state index in [2.05, 4.69) is 15.9 Å². The van der Waals surface area contributed by atoms with E-state index in [9.17, 15) is 35.5 Å². The van der Waals surface area contributed by atoms with Gasteiger partial charge in [-0.15, -0.1) is 0 Å². The van der Waals surface area contributed by atoms with Crippen LogP contribution in [0.1, 0.15) is 18.9 Å². The van der Waals surface area contributed by atoms with Crippen LogP contribution in [0.25, 0.3) is 0 Å². The molecule has 1 atom stereocenters. The normalized spacial score (nSPS) is 13.2. The molecule has 2 nitrogen and oxygen atoms in total. The van der Waals surface area contributed by atoms with Crippen LogP contribution >= 0.6 is 15.9 Å². The van der Waals surface area contributed by atoms with Gasteiger partial charge < -0.3 is 5.32 Å². The molecule has 0 saturated heterocycles. The fraction of sp³-hybridized carbons (Fsp3) is 0.364. The number of hydrogen-bond donors (Lipinski definition) is 1. The number of benzene rings is 1. The predicted molar refractivity (Wildman–Crippen MR) is 62.9 cm³/mol. The summed E-state index contributed by atoms with van der Waals surface area (Å²) in [5, 5.41) is 1.51. The van der Waals surface area contributed by atoms with Gasteiger partial charge in [0.05, 0.1) is 4.83 Å². The van der Waals surface area contributed by atoms with Crippen molar-refractivity contribution in [1.82, 2.24) is 0 Å². The molecular formula is C11H7BrF7NO. The molecule has 0 radical (unpaired) electrons. The minimum Gasteiger partial charge on any atom is -0.320 e. The molecule has 1 N–H and O–H groups in total. The average molecular weight is 382 g/mol. The molecule has 1 rings (SSSR count). The molecule has 0 heterocycles. The topological polar surface area (TPSA) is 29.1 Å². The largest absolute Gasteiger partial charge is 0.422 e. The number of carbonyl (C=O) groups is 1. The van der Waals surface area contributed by atoms with Gasteiger partial charge in [-0.05, 0) is 6.42 Å². The number of carbonyl (C=O) groups excluding carboxylic acids is 1. The Kier molecular flexibility index (Phi) is 5.24. The Morgan fingerprint density at radius 3 is 1.86 bits per heavy atom. The number of nitrogens with one attached hydrogen (secondary N) is 1. The van der Waals surface area contributed by atoms with Crippen LogP contribution in [0.2, 0.25) is 0 Å². The van der Waals surface area contributed by atoms with Gasteiger partial charge in [-0.1, -0.05) is 22.9 Å². The molecule has 118 valence electrons. The molecule has 1 aromatic carbocycles. The lowest BCUT2D eigenvalue weighted by Crippen LogP contribution is -2.25. The average Bonchev–Trinajstić information content (AvgIpc) is 2.38. The van der Waals surface area contributed by atoms with E-state index in [-0.39, 0.29) is 6.42 Å². The van der Waals surface area contributed by atoms with E-state index in [0.717, 1.165) is 0 Å². The Hall–Kier alpha value is -1.32. The van der Waals surface area contributed by atoms with E-state index < -0.39 is 51.4 Å². The Labute approximate surface area is 122 Å². The SMILES string of the molecule is CCC(Br)C(=O)Nc1c(F)c(F)c(C(F)(F)F)c(F)c1F. The van der Waals surface area contributed by atoms with Gasteiger partial charge >= 0.3 is 6.18 Å². The summed E-state index contributed by atoms with van der Waals surface area (Å²) in [6.45, 7) is 1.51. The maximum absolute atomic E-state index is 13.4. The fourth-order valence-corrected chi connectivity index (χ4v) is 1.49. The molecule has 1 aromatic rings. The highest BCUT2D eigenvalue weighted by Crippen LogP contribution is 2.38. The number of hydrogen-bond acceptors (Lipinski definition) is 1. The summed E-state index contributed by atoms with van der Waals surface area (Å²) in [6.07, 6.45) is -5.46. The zero-order valence-corrected chi connectivity index (χ0v) is 11.8. The van der Waals surface area contributed by atoms with Gasteiger partial charge in [-0.2, -0.15) is 13.2 Å². The van der Waals surface area contributed by atoms with Crippen molar-refractivity contribution in [3.05, 3.63) is 28.8 Å². The Bertz CT molecular complexity index is 544. The monoisotopic (exact) mass is 381 g/mol. The van der Waals surface area contributed by atoms with Crippen molar-refractivity contribution < 1.29 is 35.5 Å². The van der Waals surface area contributed by atoms with Crippen LogP contribution < -0.4 is 5.32 Å². The van der Waals surface area contributed by atoms with Crippen molar-refractivity contribution in [2.75, 3.05) is 5.32 Å². The van der Waals surface area contributed by atoms with Crippen LogP contribution in [0, 0.1) is 23.3 Å². The Morgan fingerprint density at radius 1 is 1.10 bits per heavy atom. The molecule has 0 aliphatic carbocycles. The molecule has 0 aromatic heterocycles. The number of amides is 1. The first-order chi connectivity index (χ1) is 9.52. The second-order valence-corrected chi connectivity index (χ2v) is 4.97. The second-order valence-electron chi connectivity index (χ2n) is 3.87. The third-order valence-corrected chi connectivity index (χ3v) is 3.50. The van der Waals surface area contributed by atoms with Crippen LogP contribution in [0.4, 0.5) is 36.4 Å². The summed E-state index contributed by atoms with van der Waals surface area (Å²) in [6, 6.07) is 0. The Morgan fingerprint density at radius 2 is 1.52 bits per heavy atom. The van der Waals surface area contributed by atoms with E-state index in [1.54, 1.807) is 0 Å². The quantitative estimate of drug-likeness (QED) is 0.470. The van der Waals surface area contributed by atoms with Gasteiger partial charge in [-0.3, -0.25) is 4.79 Å². The highest BCUT2D eigenvalue weighted by molar-refractivity contribution is 9.10. The molecule has 10 heteroatoms. The number of alkyl halides is 4. The lowest BCUT2D eigenvalue weighted by atomic mass is 10.1. The summed E-state index contributed by atoms with van der Waals surface area (Å²) in [5.41, 5.74) is -4.30. The molecule has 1 amide bonds. The molecule has 0 fully saturated rings. The van der Waals surface area contributed by atoms with Gasteiger partial charge in [-0.25, -0.2) is 17.6 Å². The summed E-state index contributed by atoms with van der Waals surface area (Å²) in [4.78, 5) is 10.5. The summed E-state index contributed by atoms with van der Waals surface area (Å²) in [5.74, 6) is -11.0. The first-order valence-electron chi connectivity index (χ1n) is 5.40. The molecule has 1 unspecified atom stereocenters. The number of halogens is 8. The Balaban J connectivity index is 3.42. The second kappa shape index (κ2) is 6.20. The van der Waals surface area contributed by atoms with E-state index in [0.29, 0.717) is 0 Å². The number of anilines is 1. The van der Waals surface area contributed by atoms with Gasteiger partial charge in [0, 0.05) is 0 Å². The van der Waals surface area contributed by atoms with Gasteiger partial charge in [0.15, 0.2) is 23.3 Å². The van der Waals surface area contributed by atoms with Crippen LogP contribution in [0.3, 0.4) is 0 Å². The smallest absolute Gasteiger partial charge is 0.320 e. The van der Waals surface area contributed by atoms with Crippen molar-refractivity contribution in [2.45, 2.75) is 24.3 Å². The molecule has 0 spiro atoms. The first-order valence-corrected chi connectivity index (χ1v) is 6.31. The fourth-order valence-electron chi connectivity index (χ4n) is 1.38. The summed E-state index contributed by atoms with van der Waals surface area (Å²) in [7, 11) is 0. The zero-order valence-electron chi connectivity index (χ0n) is 10.2. The van der Waals surface area contributed by atoms with Gasteiger partial charge in [0.1, 0.15) is 11.3 Å². The molecule has 21 heavy (non-hydrogen) atoms. The van der Waals surface area contributed by atoms with Crippen molar-refractivity contribution in [3.8, 4) is 0 Å². The molecule has 0 saturated carbocycles. The third-order valence-electron chi connectivity index (χ3n) is 2.44. The van der Waals surface area contributed by atoms with Crippen LogP contribution in [0.15, 0.2) is 0 Å². The maximum atomic E-state index is 13.4. The van der Waals surface area contributed by atoms with Crippen molar-refractivity contribution in [3.63, 3.8) is 0 Å². The predicted octanol–water partition coefficient (Wildman–Crippen LogP) is 4.37. The van der Waals surface area contributed by atoms with Crippen molar-refractivity contribution in [1.29, 1.82) is 0 Å². The van der Waals surface area contributed by atoms with Crippen LogP contribution in [-0.2, 0) is 11.0 Å². The van der Waals surface area contributed by atoms with E-state index in [4.69, 9.17) is 0 Å². The van der Waals surface area contributed by atoms with Crippen LogP contribution in [0.5, 0.6) is 0 Å². The molecule has 0 aliphatic rings. The van der Waals surface area contributed by atoms with Crippen LogP contribution in [-0.4, -0.2) is 10.7 Å². The summed E-state index contributed by atoms with van der Waals surface area (Å²) >= 11 is 2.81. The lowest BCUT2D eigenvalue weighted by molar-refractivity contribution is -0.143. The molecule has 0 aliphatic heterocycles. The van der Waals surface area contributed by atoms with E-state index in [1.807, 2.05) is 0 Å². The molecular weight excluding hydrogens is 375 g/mol. The minimum atomic E-state index is -5.63. The highest BCUT2D eigenvalue weighted by Gasteiger charge is 2.42. The van der Waals surface area contributed by atoms with E-state index >= 15 is 0 Å². The van der Waals surface area contributed by atoms with Gasteiger partial charge in [0.2, 0.25) is 5.91 Å². The van der Waals surface area contributed by atoms with Crippen molar-refractivity contribution >= 4 is 27.5 Å². The maximum Gasteiger partial charge on any atom is 0.422 e. The zero-order chi connectivity index (χ0) is 16.5. The minimum absolute atomic E-state index is 0.167. The highest BCUT2D eigenvalue weighted by atomic mass is 79.9. The first kappa shape index (κ1) is 17.7. The van der Waals surface area contributed by atoms with Gasteiger partial charge in [0.25, 0.3) is 0 Å².